The van der Waals surface area contributed by atoms with Gasteiger partial charge in [-0.05, 0) is 39.7 Å². The van der Waals surface area contributed by atoms with Crippen LogP contribution in [0.1, 0.15) is 57.0 Å². The highest BCUT2D eigenvalue weighted by atomic mass is 32.1. The molecule has 0 aliphatic rings. The fraction of sp³-hybridized carbons (Fsp3) is 0.611. The van der Waals surface area contributed by atoms with Gasteiger partial charge in [-0.3, -0.25) is 0 Å². The number of esters is 1. The van der Waals surface area contributed by atoms with Crippen molar-refractivity contribution < 1.29 is 19.1 Å². The first-order chi connectivity index (χ1) is 11.5. The third-order valence-electron chi connectivity index (χ3n) is 3.25. The van der Waals surface area contributed by atoms with Crippen LogP contribution >= 0.6 is 11.3 Å². The Morgan fingerprint density at radius 1 is 1.36 bits per heavy atom. The molecule has 1 aromatic heterocycles. The standard InChI is InChI=1S/C18H28N2O4S/c1-8-23-16(21)13-11-25-15(19-13)10-9-14(12(2)3)20(7)17(22)24-18(4,5)6/h9-12,14H,8H2,1-7H3/t14-/m1/s1. The molecule has 1 aromatic rings. The molecule has 0 bridgehead atoms. The summed E-state index contributed by atoms with van der Waals surface area (Å²) in [6.07, 6.45) is 3.35. The molecule has 140 valence electrons. The molecule has 1 atom stereocenters. The van der Waals surface area contributed by atoms with E-state index in [0.717, 1.165) is 0 Å². The lowest BCUT2D eigenvalue weighted by atomic mass is 10.0. The van der Waals surface area contributed by atoms with E-state index in [0.29, 0.717) is 17.3 Å². The molecule has 0 spiro atoms. The van der Waals surface area contributed by atoms with Gasteiger partial charge in [0.1, 0.15) is 10.6 Å². The normalized spacial score (nSPS) is 13.1. The number of amides is 1. The number of thiazole rings is 1. The Balaban J connectivity index is 2.85. The van der Waals surface area contributed by atoms with Crippen molar-refractivity contribution in [3.63, 3.8) is 0 Å². The van der Waals surface area contributed by atoms with Crippen molar-refractivity contribution in [1.82, 2.24) is 9.88 Å². The maximum Gasteiger partial charge on any atom is 0.410 e. The van der Waals surface area contributed by atoms with Crippen molar-refractivity contribution in [1.29, 1.82) is 0 Å². The van der Waals surface area contributed by atoms with Crippen molar-refractivity contribution >= 4 is 29.5 Å². The zero-order valence-corrected chi connectivity index (χ0v) is 16.8. The van der Waals surface area contributed by atoms with Crippen LogP contribution < -0.4 is 0 Å². The highest BCUT2D eigenvalue weighted by Crippen LogP contribution is 2.18. The van der Waals surface area contributed by atoms with E-state index in [1.54, 1.807) is 24.3 Å². The number of aromatic nitrogens is 1. The summed E-state index contributed by atoms with van der Waals surface area (Å²) in [7, 11) is 1.72. The van der Waals surface area contributed by atoms with Gasteiger partial charge in [-0.15, -0.1) is 11.3 Å². The van der Waals surface area contributed by atoms with Gasteiger partial charge < -0.3 is 14.4 Å². The molecule has 0 aromatic carbocycles. The summed E-state index contributed by atoms with van der Waals surface area (Å²) in [5.41, 5.74) is -0.242. The Morgan fingerprint density at radius 3 is 2.52 bits per heavy atom. The monoisotopic (exact) mass is 368 g/mol. The summed E-state index contributed by atoms with van der Waals surface area (Å²) < 4.78 is 10.4. The van der Waals surface area contributed by atoms with Crippen molar-refractivity contribution in [3.8, 4) is 0 Å². The zero-order valence-electron chi connectivity index (χ0n) is 16.0. The SMILES string of the molecule is CCOC(=O)c1csc(C=C[C@H](C(C)C)N(C)C(=O)OC(C)(C)C)n1. The van der Waals surface area contributed by atoms with Crippen molar-refractivity contribution in [2.24, 2.45) is 5.92 Å². The predicted molar refractivity (Wildman–Crippen MR) is 99.7 cm³/mol. The molecular weight excluding hydrogens is 340 g/mol. The molecule has 1 rings (SSSR count). The first-order valence-corrected chi connectivity index (χ1v) is 9.19. The maximum atomic E-state index is 12.3. The summed E-state index contributed by atoms with van der Waals surface area (Å²) in [6.45, 7) is 11.6. The van der Waals surface area contributed by atoms with Crippen LogP contribution in [0.25, 0.3) is 6.08 Å². The fourth-order valence-corrected chi connectivity index (χ4v) is 2.79. The fourth-order valence-electron chi connectivity index (χ4n) is 2.10. The number of likely N-dealkylation sites (N-methyl/N-ethyl adjacent to an activating group) is 1. The van der Waals surface area contributed by atoms with Crippen LogP contribution in [0.15, 0.2) is 11.5 Å². The number of ether oxygens (including phenoxy) is 2. The minimum atomic E-state index is -0.541. The van der Waals surface area contributed by atoms with E-state index in [-0.39, 0.29) is 18.1 Å². The number of nitrogens with zero attached hydrogens (tertiary/aromatic N) is 2. The Kier molecular flexibility index (Phi) is 7.60. The molecule has 0 N–H and O–H groups in total. The van der Waals surface area contributed by atoms with Gasteiger partial charge >= 0.3 is 12.1 Å². The lowest BCUT2D eigenvalue weighted by Gasteiger charge is -2.31. The number of rotatable bonds is 6. The lowest BCUT2D eigenvalue weighted by molar-refractivity contribution is 0.0224. The van der Waals surface area contributed by atoms with Crippen LogP contribution in [0.5, 0.6) is 0 Å². The van der Waals surface area contributed by atoms with Gasteiger partial charge in [-0.1, -0.05) is 19.9 Å². The Bertz CT molecular complexity index is 617. The van der Waals surface area contributed by atoms with E-state index in [2.05, 4.69) is 4.98 Å². The van der Waals surface area contributed by atoms with Gasteiger partial charge in [0.2, 0.25) is 0 Å². The molecule has 0 aliphatic heterocycles. The first-order valence-electron chi connectivity index (χ1n) is 8.31. The van der Waals surface area contributed by atoms with Crippen molar-refractivity contribution in [2.75, 3.05) is 13.7 Å². The van der Waals surface area contributed by atoms with Crippen molar-refractivity contribution in [2.45, 2.75) is 53.2 Å². The molecule has 6 nitrogen and oxygen atoms in total. The summed E-state index contributed by atoms with van der Waals surface area (Å²) in [6, 6.07) is -0.148. The Morgan fingerprint density at radius 2 is 2.00 bits per heavy atom. The molecule has 1 heterocycles. The summed E-state index contributed by atoms with van der Waals surface area (Å²) in [5.74, 6) is -0.233. The second kappa shape index (κ2) is 8.99. The number of hydrogen-bond acceptors (Lipinski definition) is 6. The van der Waals surface area contributed by atoms with Gasteiger partial charge in [0, 0.05) is 12.4 Å². The van der Waals surface area contributed by atoms with E-state index in [9.17, 15) is 9.59 Å². The molecule has 25 heavy (non-hydrogen) atoms. The second-order valence-electron chi connectivity index (χ2n) is 6.98. The van der Waals surface area contributed by atoms with E-state index >= 15 is 0 Å². The zero-order chi connectivity index (χ0) is 19.2. The van der Waals surface area contributed by atoms with Crippen LogP contribution in [0.2, 0.25) is 0 Å². The van der Waals surface area contributed by atoms with Crippen LogP contribution in [-0.4, -0.2) is 47.2 Å². The van der Waals surface area contributed by atoms with E-state index in [1.165, 1.54) is 11.3 Å². The third-order valence-corrected chi connectivity index (χ3v) is 4.06. The largest absolute Gasteiger partial charge is 0.461 e. The average Bonchev–Trinajstić information content (AvgIpc) is 2.94. The van der Waals surface area contributed by atoms with Gasteiger partial charge in [-0.2, -0.15) is 0 Å². The highest BCUT2D eigenvalue weighted by molar-refractivity contribution is 7.10. The smallest absolute Gasteiger partial charge is 0.410 e. The van der Waals surface area contributed by atoms with E-state index in [4.69, 9.17) is 9.47 Å². The minimum absolute atomic E-state index is 0.148. The minimum Gasteiger partial charge on any atom is -0.461 e. The summed E-state index contributed by atoms with van der Waals surface area (Å²) in [4.78, 5) is 29.8. The molecule has 0 saturated heterocycles. The predicted octanol–water partition coefficient (Wildman–Crippen LogP) is 4.22. The quantitative estimate of drug-likeness (QED) is 0.703. The van der Waals surface area contributed by atoms with E-state index < -0.39 is 11.6 Å². The molecule has 7 heteroatoms. The first kappa shape index (κ1) is 21.2. The number of carbonyl (C=O) groups excluding carboxylic acids is 2. The van der Waals surface area contributed by atoms with E-state index in [1.807, 2.05) is 46.8 Å². The molecule has 0 aliphatic carbocycles. The molecule has 0 radical (unpaired) electrons. The number of hydrogen-bond donors (Lipinski definition) is 0. The van der Waals surface area contributed by atoms with Crippen LogP contribution in [-0.2, 0) is 9.47 Å². The molecule has 0 saturated carbocycles. The second-order valence-corrected chi connectivity index (χ2v) is 7.87. The van der Waals surface area contributed by atoms with Gasteiger partial charge in [0.25, 0.3) is 0 Å². The van der Waals surface area contributed by atoms with Gasteiger partial charge in [-0.25, -0.2) is 14.6 Å². The molecule has 1 amide bonds. The highest BCUT2D eigenvalue weighted by Gasteiger charge is 2.25. The summed E-state index contributed by atoms with van der Waals surface area (Å²) in [5, 5.41) is 2.35. The van der Waals surface area contributed by atoms with Crippen molar-refractivity contribution in [3.05, 3.63) is 22.2 Å². The average molecular weight is 368 g/mol. The molecule has 0 fully saturated rings. The summed E-state index contributed by atoms with van der Waals surface area (Å²) >= 11 is 1.35. The number of carbonyl (C=O) groups is 2. The third kappa shape index (κ3) is 6.86. The van der Waals surface area contributed by atoms with Crippen LogP contribution in [0.3, 0.4) is 0 Å². The molecule has 0 unspecified atom stereocenters. The van der Waals surface area contributed by atoms with Gasteiger partial charge in [0.05, 0.1) is 12.6 Å². The van der Waals surface area contributed by atoms with Crippen LogP contribution in [0.4, 0.5) is 4.79 Å². The lowest BCUT2D eigenvalue weighted by Crippen LogP contribution is -2.42. The van der Waals surface area contributed by atoms with Gasteiger partial charge in [0.15, 0.2) is 5.69 Å². The maximum absolute atomic E-state index is 12.3. The Labute approximate surface area is 153 Å². The van der Waals surface area contributed by atoms with Crippen LogP contribution in [0, 0.1) is 5.92 Å². The topological polar surface area (TPSA) is 68.7 Å². The Hall–Kier alpha value is -1.89. The molecular formula is C18H28N2O4S.